The summed E-state index contributed by atoms with van der Waals surface area (Å²) < 4.78 is 73.7. The maximum Gasteiger partial charge on any atom is 0.279 e. The van der Waals surface area contributed by atoms with Crippen molar-refractivity contribution in [3.8, 4) is 5.75 Å². The Hall–Kier alpha value is -3.44. The van der Waals surface area contributed by atoms with Crippen LogP contribution >= 0.6 is 0 Å². The number of hydrazone groups is 1. The van der Waals surface area contributed by atoms with Crippen LogP contribution in [0, 0.1) is 5.82 Å². The molecular formula is C24H24FN3O5S2. The SMILES string of the molecule is CCS(=O)(=O)Nc1cccc(C2=NN(S(=O)(=O)c3ccc(OC)cc3)[C@@H](c3cccc(F)c3)C2)c1. The molecule has 4 rings (SSSR count). The average molecular weight is 518 g/mol. The molecule has 1 heterocycles. The van der Waals surface area contributed by atoms with Crippen LogP contribution in [-0.4, -0.2) is 39.8 Å². The van der Waals surface area contributed by atoms with Crippen molar-refractivity contribution in [2.24, 2.45) is 5.10 Å². The van der Waals surface area contributed by atoms with E-state index in [1.807, 2.05) is 0 Å². The third-order valence-electron chi connectivity index (χ3n) is 5.56. The zero-order valence-electron chi connectivity index (χ0n) is 19.0. The minimum atomic E-state index is -4.10. The number of rotatable bonds is 8. The molecule has 0 saturated carbocycles. The maximum atomic E-state index is 14.0. The first-order chi connectivity index (χ1) is 16.6. The number of anilines is 1. The van der Waals surface area contributed by atoms with E-state index in [0.717, 1.165) is 4.41 Å². The summed E-state index contributed by atoms with van der Waals surface area (Å²) in [5, 5.41) is 4.43. The lowest BCUT2D eigenvalue weighted by Crippen LogP contribution is -2.27. The molecule has 3 aromatic rings. The lowest BCUT2D eigenvalue weighted by atomic mass is 9.99. The van der Waals surface area contributed by atoms with Gasteiger partial charge >= 0.3 is 0 Å². The Morgan fingerprint density at radius 2 is 1.74 bits per heavy atom. The standard InChI is InChI=1S/C24H24FN3O5S2/c1-3-34(29,30)27-20-9-5-6-17(15-20)23-16-24(18-7-4-8-19(25)14-18)28(26-23)35(31,32)22-12-10-21(33-2)11-13-22/h4-15,24,27H,3,16H2,1-2H3/t24-/m1/s1. The third-order valence-corrected chi connectivity index (χ3v) is 8.56. The highest BCUT2D eigenvalue weighted by molar-refractivity contribution is 7.92. The van der Waals surface area contributed by atoms with E-state index in [2.05, 4.69) is 9.82 Å². The molecule has 0 aromatic heterocycles. The molecule has 1 N–H and O–H groups in total. The van der Waals surface area contributed by atoms with Gasteiger partial charge in [-0.1, -0.05) is 24.3 Å². The third kappa shape index (κ3) is 5.30. The molecule has 0 aliphatic carbocycles. The Balaban J connectivity index is 1.76. The topological polar surface area (TPSA) is 105 Å². The van der Waals surface area contributed by atoms with E-state index in [-0.39, 0.29) is 17.1 Å². The first kappa shape index (κ1) is 24.7. The largest absolute Gasteiger partial charge is 0.497 e. The minimum Gasteiger partial charge on any atom is -0.497 e. The van der Waals surface area contributed by atoms with Crippen LogP contribution in [0.3, 0.4) is 0 Å². The van der Waals surface area contributed by atoms with Crippen LogP contribution in [0.25, 0.3) is 0 Å². The molecule has 0 radical (unpaired) electrons. The van der Waals surface area contributed by atoms with Gasteiger partial charge in [-0.05, 0) is 66.6 Å². The molecule has 0 bridgehead atoms. The number of nitrogens with zero attached hydrogens (tertiary/aromatic N) is 2. The molecule has 0 amide bonds. The number of methoxy groups -OCH3 is 1. The fourth-order valence-electron chi connectivity index (χ4n) is 3.72. The fourth-order valence-corrected chi connectivity index (χ4v) is 5.78. The van der Waals surface area contributed by atoms with Crippen molar-refractivity contribution < 1.29 is 26.0 Å². The summed E-state index contributed by atoms with van der Waals surface area (Å²) in [5.74, 6) is -0.0791. The first-order valence-corrected chi connectivity index (χ1v) is 13.8. The van der Waals surface area contributed by atoms with Gasteiger partial charge in [0.25, 0.3) is 10.0 Å². The first-order valence-electron chi connectivity index (χ1n) is 10.8. The van der Waals surface area contributed by atoms with Gasteiger partial charge in [0.05, 0.1) is 29.5 Å². The minimum absolute atomic E-state index is 0.00848. The highest BCUT2D eigenvalue weighted by Crippen LogP contribution is 2.38. The van der Waals surface area contributed by atoms with E-state index in [1.54, 1.807) is 30.3 Å². The van der Waals surface area contributed by atoms with Crippen LogP contribution in [0.2, 0.25) is 0 Å². The van der Waals surface area contributed by atoms with E-state index in [9.17, 15) is 21.2 Å². The highest BCUT2D eigenvalue weighted by atomic mass is 32.2. The molecule has 0 saturated heterocycles. The van der Waals surface area contributed by atoms with Gasteiger partial charge in [-0.2, -0.15) is 17.9 Å². The number of benzene rings is 3. The normalized spacial score (nSPS) is 16.1. The summed E-state index contributed by atoms with van der Waals surface area (Å²) in [6, 6.07) is 17.4. The smallest absolute Gasteiger partial charge is 0.279 e. The van der Waals surface area contributed by atoms with Gasteiger partial charge in [-0.15, -0.1) is 0 Å². The van der Waals surface area contributed by atoms with E-state index in [1.165, 1.54) is 56.5 Å². The Morgan fingerprint density at radius 3 is 2.40 bits per heavy atom. The van der Waals surface area contributed by atoms with Gasteiger partial charge in [0.2, 0.25) is 10.0 Å². The number of sulfonamides is 2. The van der Waals surface area contributed by atoms with E-state index in [4.69, 9.17) is 4.74 Å². The van der Waals surface area contributed by atoms with E-state index in [0.29, 0.717) is 28.3 Å². The van der Waals surface area contributed by atoms with Crippen LogP contribution in [0.5, 0.6) is 5.75 Å². The second-order valence-corrected chi connectivity index (χ2v) is 11.7. The highest BCUT2D eigenvalue weighted by Gasteiger charge is 2.38. The summed E-state index contributed by atoms with van der Waals surface area (Å²) in [7, 11) is -6.12. The molecule has 0 unspecified atom stereocenters. The van der Waals surface area contributed by atoms with Crippen LogP contribution in [0.4, 0.5) is 10.1 Å². The fraction of sp³-hybridized carbons (Fsp3) is 0.208. The second kappa shape index (κ2) is 9.67. The van der Waals surface area contributed by atoms with Gasteiger partial charge in [0.1, 0.15) is 11.6 Å². The molecule has 0 fully saturated rings. The molecular weight excluding hydrogens is 493 g/mol. The molecule has 0 spiro atoms. The number of hydrogen-bond donors (Lipinski definition) is 1. The lowest BCUT2D eigenvalue weighted by molar-refractivity contribution is 0.370. The Labute approximate surface area is 204 Å². The Kier molecular flexibility index (Phi) is 6.82. The Bertz CT molecular complexity index is 1470. The number of hydrogen-bond acceptors (Lipinski definition) is 6. The predicted octanol–water partition coefficient (Wildman–Crippen LogP) is 4.14. The van der Waals surface area contributed by atoms with Crippen LogP contribution < -0.4 is 9.46 Å². The molecule has 1 aliphatic heterocycles. The van der Waals surface area contributed by atoms with Crippen molar-refractivity contribution in [1.82, 2.24) is 4.41 Å². The lowest BCUT2D eigenvalue weighted by Gasteiger charge is -2.23. The molecule has 8 nitrogen and oxygen atoms in total. The van der Waals surface area contributed by atoms with Gasteiger partial charge in [0.15, 0.2) is 0 Å². The molecule has 3 aromatic carbocycles. The van der Waals surface area contributed by atoms with Crippen LogP contribution in [0.15, 0.2) is 82.8 Å². The Morgan fingerprint density at radius 1 is 1.03 bits per heavy atom. The summed E-state index contributed by atoms with van der Waals surface area (Å²) in [6.45, 7) is 1.53. The zero-order chi connectivity index (χ0) is 25.2. The summed E-state index contributed by atoms with van der Waals surface area (Å²) in [6.07, 6.45) is 0.169. The molecule has 184 valence electrons. The van der Waals surface area contributed by atoms with E-state index < -0.39 is 31.9 Å². The van der Waals surface area contributed by atoms with Gasteiger partial charge in [0, 0.05) is 12.1 Å². The van der Waals surface area contributed by atoms with Gasteiger partial charge in [-0.25, -0.2) is 12.8 Å². The monoisotopic (exact) mass is 517 g/mol. The van der Waals surface area contributed by atoms with Gasteiger partial charge in [-0.3, -0.25) is 4.72 Å². The molecule has 35 heavy (non-hydrogen) atoms. The van der Waals surface area contributed by atoms with Crippen molar-refractivity contribution >= 4 is 31.4 Å². The van der Waals surface area contributed by atoms with Crippen molar-refractivity contribution in [3.63, 3.8) is 0 Å². The molecule has 1 aliphatic rings. The number of nitrogens with one attached hydrogen (secondary N) is 1. The summed E-state index contributed by atoms with van der Waals surface area (Å²) in [5.41, 5.74) is 1.76. The predicted molar refractivity (Wildman–Crippen MR) is 132 cm³/mol. The number of halogens is 1. The zero-order valence-corrected chi connectivity index (χ0v) is 20.7. The van der Waals surface area contributed by atoms with Crippen LogP contribution in [0.1, 0.15) is 30.5 Å². The summed E-state index contributed by atoms with van der Waals surface area (Å²) >= 11 is 0. The average Bonchev–Trinajstić information content (AvgIpc) is 3.31. The summed E-state index contributed by atoms with van der Waals surface area (Å²) in [4.78, 5) is 0.00848. The second-order valence-electron chi connectivity index (χ2n) is 7.86. The molecule has 1 atom stereocenters. The van der Waals surface area contributed by atoms with Crippen LogP contribution in [-0.2, 0) is 20.0 Å². The van der Waals surface area contributed by atoms with Crippen molar-refractivity contribution in [2.45, 2.75) is 24.3 Å². The van der Waals surface area contributed by atoms with Crippen molar-refractivity contribution in [3.05, 3.63) is 89.7 Å². The van der Waals surface area contributed by atoms with Gasteiger partial charge < -0.3 is 4.74 Å². The van der Waals surface area contributed by atoms with Crippen molar-refractivity contribution in [2.75, 3.05) is 17.6 Å². The van der Waals surface area contributed by atoms with E-state index >= 15 is 0 Å². The molecule has 11 heteroatoms. The number of ether oxygens (including phenoxy) is 1. The van der Waals surface area contributed by atoms with Crippen molar-refractivity contribution in [1.29, 1.82) is 0 Å². The quantitative estimate of drug-likeness (QED) is 0.484. The maximum absolute atomic E-state index is 14.0.